The fraction of sp³-hybridized carbons (Fsp3) is 0.231. The van der Waals surface area contributed by atoms with E-state index in [2.05, 4.69) is 10.2 Å². The van der Waals surface area contributed by atoms with Crippen molar-refractivity contribution >= 4 is 0 Å². The zero-order valence-electron chi connectivity index (χ0n) is 9.07. The first kappa shape index (κ1) is 10.0. The summed E-state index contributed by atoms with van der Waals surface area (Å²) in [6.45, 7) is 0. The van der Waals surface area contributed by atoms with Crippen molar-refractivity contribution in [3.8, 4) is 6.07 Å². The minimum Gasteiger partial charge on any atom is -0.282 e. The highest BCUT2D eigenvalue weighted by Crippen LogP contribution is 2.36. The van der Waals surface area contributed by atoms with Crippen molar-refractivity contribution < 1.29 is 4.39 Å². The Balaban J connectivity index is 2.07. The number of hydrogen-bond acceptors (Lipinski definition) is 2. The van der Waals surface area contributed by atoms with Crippen LogP contribution in [0.25, 0.3) is 0 Å². The van der Waals surface area contributed by atoms with Crippen molar-refractivity contribution in [1.29, 1.82) is 5.26 Å². The number of nitrogens with zero attached hydrogens (tertiary/aromatic N) is 2. The monoisotopic (exact) mass is 227 g/mol. The maximum absolute atomic E-state index is 13.4. The van der Waals surface area contributed by atoms with Gasteiger partial charge in [0.15, 0.2) is 0 Å². The Morgan fingerprint density at radius 2 is 2.29 bits per heavy atom. The lowest BCUT2D eigenvalue weighted by Gasteiger charge is -2.10. The van der Waals surface area contributed by atoms with Crippen molar-refractivity contribution in [2.45, 2.75) is 18.8 Å². The summed E-state index contributed by atoms with van der Waals surface area (Å²) in [5, 5.41) is 15.8. The number of benzene rings is 1. The first-order valence-electron chi connectivity index (χ1n) is 5.50. The van der Waals surface area contributed by atoms with Gasteiger partial charge in [-0.3, -0.25) is 5.10 Å². The van der Waals surface area contributed by atoms with Gasteiger partial charge in [-0.1, -0.05) is 0 Å². The lowest BCUT2D eigenvalue weighted by atomic mass is 9.95. The van der Waals surface area contributed by atoms with Crippen molar-refractivity contribution in [3.63, 3.8) is 0 Å². The molecule has 0 spiro atoms. The van der Waals surface area contributed by atoms with Crippen LogP contribution < -0.4 is 0 Å². The fourth-order valence-corrected chi connectivity index (χ4v) is 2.48. The summed E-state index contributed by atoms with van der Waals surface area (Å²) < 4.78 is 13.4. The number of halogens is 1. The van der Waals surface area contributed by atoms with Gasteiger partial charge in [0.1, 0.15) is 5.82 Å². The van der Waals surface area contributed by atoms with Crippen LogP contribution >= 0.6 is 0 Å². The largest absolute Gasteiger partial charge is 0.282 e. The van der Waals surface area contributed by atoms with Crippen LogP contribution in [-0.2, 0) is 6.42 Å². The molecule has 0 bridgehead atoms. The second-order valence-electron chi connectivity index (χ2n) is 4.29. The highest BCUT2D eigenvalue weighted by Gasteiger charge is 2.26. The van der Waals surface area contributed by atoms with E-state index in [9.17, 15) is 4.39 Å². The molecule has 0 radical (unpaired) electrons. The number of nitrogens with one attached hydrogen (secondary N) is 1. The first-order valence-corrected chi connectivity index (χ1v) is 5.50. The second kappa shape index (κ2) is 3.70. The third kappa shape index (κ3) is 1.60. The van der Waals surface area contributed by atoms with E-state index in [0.717, 1.165) is 24.1 Å². The van der Waals surface area contributed by atoms with Gasteiger partial charge in [-0.15, -0.1) is 0 Å². The first-order chi connectivity index (χ1) is 8.28. The Morgan fingerprint density at radius 1 is 1.41 bits per heavy atom. The summed E-state index contributed by atoms with van der Waals surface area (Å²) in [4.78, 5) is 0. The zero-order chi connectivity index (χ0) is 11.8. The Labute approximate surface area is 97.9 Å². The highest BCUT2D eigenvalue weighted by molar-refractivity contribution is 5.41. The van der Waals surface area contributed by atoms with Gasteiger partial charge in [-0.05, 0) is 42.2 Å². The van der Waals surface area contributed by atoms with Gasteiger partial charge in [0.2, 0.25) is 0 Å². The average molecular weight is 227 g/mol. The lowest BCUT2D eigenvalue weighted by molar-refractivity contribution is 0.621. The Bertz CT molecular complexity index is 609. The molecule has 1 N–H and O–H groups in total. The summed E-state index contributed by atoms with van der Waals surface area (Å²) in [5.74, 6) is -0.220. The summed E-state index contributed by atoms with van der Waals surface area (Å²) in [5.41, 5.74) is 3.47. The van der Waals surface area contributed by atoms with Crippen LogP contribution in [0.1, 0.15) is 34.7 Å². The van der Waals surface area contributed by atoms with E-state index in [1.165, 1.54) is 17.7 Å². The minimum absolute atomic E-state index is 0.135. The molecule has 3 rings (SSSR count). The third-order valence-electron chi connectivity index (χ3n) is 3.25. The smallest absolute Gasteiger partial charge is 0.124 e. The SMILES string of the molecule is N#Cc1cc(F)cc(C2CCc3cn[nH]c32)c1. The van der Waals surface area contributed by atoms with Crippen LogP contribution in [0.2, 0.25) is 0 Å². The van der Waals surface area contributed by atoms with Gasteiger partial charge < -0.3 is 0 Å². The quantitative estimate of drug-likeness (QED) is 0.813. The molecule has 1 atom stereocenters. The Morgan fingerprint density at radius 3 is 3.12 bits per heavy atom. The number of rotatable bonds is 1. The molecular weight excluding hydrogens is 217 g/mol. The van der Waals surface area contributed by atoms with E-state index in [-0.39, 0.29) is 11.7 Å². The molecule has 2 aromatic rings. The van der Waals surface area contributed by atoms with Crippen molar-refractivity contribution in [2.75, 3.05) is 0 Å². The van der Waals surface area contributed by atoms with Crippen molar-refractivity contribution in [2.24, 2.45) is 0 Å². The van der Waals surface area contributed by atoms with E-state index >= 15 is 0 Å². The van der Waals surface area contributed by atoms with Crippen LogP contribution in [0.3, 0.4) is 0 Å². The molecule has 1 heterocycles. The minimum atomic E-state index is -0.355. The molecule has 1 aliphatic rings. The van der Waals surface area contributed by atoms with Gasteiger partial charge >= 0.3 is 0 Å². The fourth-order valence-electron chi connectivity index (χ4n) is 2.48. The molecule has 0 amide bonds. The summed E-state index contributed by atoms with van der Waals surface area (Å²) in [7, 11) is 0. The molecule has 1 aromatic carbocycles. The molecule has 1 aliphatic carbocycles. The van der Waals surface area contributed by atoms with E-state index in [4.69, 9.17) is 5.26 Å². The summed E-state index contributed by atoms with van der Waals surface area (Å²) in [6, 6.07) is 6.49. The number of aromatic nitrogens is 2. The Hall–Kier alpha value is -2.15. The Kier molecular flexibility index (Phi) is 2.19. The number of fused-ring (bicyclic) bond motifs is 1. The molecular formula is C13H10FN3. The van der Waals surface area contributed by atoms with E-state index in [1.807, 2.05) is 12.3 Å². The normalized spacial score (nSPS) is 17.8. The van der Waals surface area contributed by atoms with Crippen LogP contribution in [-0.4, -0.2) is 10.2 Å². The molecule has 0 saturated heterocycles. The van der Waals surface area contributed by atoms with E-state index in [1.54, 1.807) is 6.07 Å². The summed E-state index contributed by atoms with van der Waals surface area (Å²) in [6.07, 6.45) is 3.72. The predicted octanol–water partition coefficient (Wildman–Crippen LogP) is 2.50. The van der Waals surface area contributed by atoms with Gasteiger partial charge in [0.05, 0.1) is 17.8 Å². The molecule has 1 aromatic heterocycles. The van der Waals surface area contributed by atoms with Crippen molar-refractivity contribution in [3.05, 3.63) is 52.6 Å². The van der Waals surface area contributed by atoms with E-state index in [0.29, 0.717) is 5.56 Å². The topological polar surface area (TPSA) is 52.5 Å². The molecule has 1 unspecified atom stereocenters. The van der Waals surface area contributed by atoms with Crippen LogP contribution in [0.15, 0.2) is 24.4 Å². The predicted molar refractivity (Wildman–Crippen MR) is 59.9 cm³/mol. The number of aromatic amines is 1. The number of nitriles is 1. The average Bonchev–Trinajstić information content (AvgIpc) is 2.89. The number of hydrogen-bond donors (Lipinski definition) is 1. The lowest BCUT2D eigenvalue weighted by Crippen LogP contribution is -1.99. The van der Waals surface area contributed by atoms with Crippen LogP contribution in [0.4, 0.5) is 4.39 Å². The van der Waals surface area contributed by atoms with Gasteiger partial charge in [-0.2, -0.15) is 10.4 Å². The van der Waals surface area contributed by atoms with Gasteiger partial charge in [0.25, 0.3) is 0 Å². The molecule has 4 heteroatoms. The number of aryl methyl sites for hydroxylation is 1. The summed E-state index contributed by atoms with van der Waals surface area (Å²) >= 11 is 0. The zero-order valence-corrected chi connectivity index (χ0v) is 9.07. The third-order valence-corrected chi connectivity index (χ3v) is 3.25. The maximum atomic E-state index is 13.4. The number of H-pyrrole nitrogens is 1. The standard InChI is InChI=1S/C13H10FN3/c14-11-4-8(6-15)3-10(5-11)12-2-1-9-7-16-17-13(9)12/h3-5,7,12H,1-2H2,(H,16,17). The van der Waals surface area contributed by atoms with Crippen LogP contribution in [0, 0.1) is 17.1 Å². The molecule has 3 nitrogen and oxygen atoms in total. The van der Waals surface area contributed by atoms with E-state index < -0.39 is 0 Å². The second-order valence-corrected chi connectivity index (χ2v) is 4.29. The molecule has 17 heavy (non-hydrogen) atoms. The maximum Gasteiger partial charge on any atom is 0.124 e. The highest BCUT2D eigenvalue weighted by atomic mass is 19.1. The van der Waals surface area contributed by atoms with Gasteiger partial charge in [0, 0.05) is 11.6 Å². The van der Waals surface area contributed by atoms with Crippen molar-refractivity contribution in [1.82, 2.24) is 10.2 Å². The molecule has 0 saturated carbocycles. The molecule has 0 fully saturated rings. The van der Waals surface area contributed by atoms with Gasteiger partial charge in [-0.25, -0.2) is 4.39 Å². The molecule has 0 aliphatic heterocycles. The molecule has 84 valence electrons. The van der Waals surface area contributed by atoms with Crippen LogP contribution in [0.5, 0.6) is 0 Å².